The Labute approximate surface area is 105 Å². The summed E-state index contributed by atoms with van der Waals surface area (Å²) in [6.45, 7) is 10.1. The first-order valence-corrected chi connectivity index (χ1v) is 6.45. The lowest BCUT2D eigenvalue weighted by atomic mass is 9.80. The minimum atomic E-state index is 0.0799. The summed E-state index contributed by atoms with van der Waals surface area (Å²) in [4.78, 5) is 0. The first kappa shape index (κ1) is 14.0. The maximum Gasteiger partial charge on any atom is 0.119 e. The van der Waals surface area contributed by atoms with Crippen LogP contribution >= 0.6 is 0 Å². The lowest BCUT2D eigenvalue weighted by Crippen LogP contribution is -2.30. The molecule has 0 saturated carbocycles. The Kier molecular flexibility index (Phi) is 5.01. The number of ether oxygens (including phenoxy) is 1. The van der Waals surface area contributed by atoms with E-state index in [0.29, 0.717) is 12.5 Å². The minimum Gasteiger partial charge on any atom is -0.493 e. The largest absolute Gasteiger partial charge is 0.493 e. The Hall–Kier alpha value is -1.02. The van der Waals surface area contributed by atoms with Crippen molar-refractivity contribution in [2.45, 2.75) is 39.5 Å². The molecule has 0 bridgehead atoms. The van der Waals surface area contributed by atoms with Crippen molar-refractivity contribution in [3.05, 3.63) is 29.8 Å². The molecule has 2 N–H and O–H groups in total. The molecular formula is C15H25NO. The Morgan fingerprint density at radius 2 is 1.82 bits per heavy atom. The second-order valence-corrected chi connectivity index (χ2v) is 5.35. The van der Waals surface area contributed by atoms with Gasteiger partial charge in [-0.1, -0.05) is 39.8 Å². The third-order valence-electron chi connectivity index (χ3n) is 3.37. The lowest BCUT2D eigenvalue weighted by Gasteiger charge is -2.27. The molecule has 1 atom stereocenters. The molecule has 1 unspecified atom stereocenters. The van der Waals surface area contributed by atoms with E-state index in [1.54, 1.807) is 0 Å². The molecular weight excluding hydrogens is 210 g/mol. The highest BCUT2D eigenvalue weighted by molar-refractivity contribution is 5.32. The van der Waals surface area contributed by atoms with Gasteiger partial charge in [0.1, 0.15) is 5.75 Å². The van der Waals surface area contributed by atoms with Gasteiger partial charge in [0, 0.05) is 12.0 Å². The van der Waals surface area contributed by atoms with E-state index >= 15 is 0 Å². The van der Waals surface area contributed by atoms with Gasteiger partial charge >= 0.3 is 0 Å². The van der Waals surface area contributed by atoms with Crippen molar-refractivity contribution in [3.8, 4) is 5.75 Å². The first-order valence-electron chi connectivity index (χ1n) is 6.45. The average molecular weight is 235 g/mol. The molecule has 0 heterocycles. The molecule has 2 nitrogen and oxygen atoms in total. The summed E-state index contributed by atoms with van der Waals surface area (Å²) in [5.41, 5.74) is 7.23. The predicted octanol–water partition coefficient (Wildman–Crippen LogP) is 3.35. The molecule has 0 saturated heterocycles. The monoisotopic (exact) mass is 235 g/mol. The van der Waals surface area contributed by atoms with Gasteiger partial charge in [0.25, 0.3) is 0 Å². The van der Waals surface area contributed by atoms with E-state index in [2.05, 4.69) is 39.8 Å². The quantitative estimate of drug-likeness (QED) is 0.820. The molecule has 1 aromatic rings. The van der Waals surface area contributed by atoms with Gasteiger partial charge in [-0.2, -0.15) is 0 Å². The standard InChI is InChI=1S/C15H25NO/c1-5-15(4,11-16)13-6-8-14(9-7-13)17-10-12(2)3/h6-9,12H,5,10-11,16H2,1-4H3. The van der Waals surface area contributed by atoms with E-state index in [1.807, 2.05) is 12.1 Å². The van der Waals surface area contributed by atoms with Crippen LogP contribution in [0.4, 0.5) is 0 Å². The van der Waals surface area contributed by atoms with Crippen LogP contribution in [0.5, 0.6) is 5.75 Å². The maximum atomic E-state index is 5.85. The van der Waals surface area contributed by atoms with Gasteiger partial charge in [0.15, 0.2) is 0 Å². The summed E-state index contributed by atoms with van der Waals surface area (Å²) in [6, 6.07) is 8.35. The summed E-state index contributed by atoms with van der Waals surface area (Å²) in [5.74, 6) is 1.50. The zero-order valence-electron chi connectivity index (χ0n) is 11.5. The highest BCUT2D eigenvalue weighted by Gasteiger charge is 2.22. The van der Waals surface area contributed by atoms with Gasteiger partial charge in [-0.25, -0.2) is 0 Å². The normalized spacial score (nSPS) is 14.7. The van der Waals surface area contributed by atoms with Crippen LogP contribution in [-0.2, 0) is 5.41 Å². The third kappa shape index (κ3) is 3.74. The number of benzene rings is 1. The van der Waals surface area contributed by atoms with Crippen molar-refractivity contribution >= 4 is 0 Å². The molecule has 1 rings (SSSR count). The number of hydrogen-bond acceptors (Lipinski definition) is 2. The van der Waals surface area contributed by atoms with E-state index in [-0.39, 0.29) is 5.41 Å². The van der Waals surface area contributed by atoms with Crippen molar-refractivity contribution < 1.29 is 4.74 Å². The predicted molar refractivity (Wildman–Crippen MR) is 73.5 cm³/mol. The highest BCUT2D eigenvalue weighted by Crippen LogP contribution is 2.27. The fourth-order valence-corrected chi connectivity index (χ4v) is 1.68. The summed E-state index contributed by atoms with van der Waals surface area (Å²) >= 11 is 0. The highest BCUT2D eigenvalue weighted by atomic mass is 16.5. The van der Waals surface area contributed by atoms with Crippen molar-refractivity contribution in [2.24, 2.45) is 11.7 Å². The molecule has 17 heavy (non-hydrogen) atoms. The summed E-state index contributed by atoms with van der Waals surface area (Å²) < 4.78 is 5.67. The van der Waals surface area contributed by atoms with Crippen LogP contribution < -0.4 is 10.5 Å². The Morgan fingerprint density at radius 3 is 2.24 bits per heavy atom. The summed E-state index contributed by atoms with van der Waals surface area (Å²) in [7, 11) is 0. The van der Waals surface area contributed by atoms with E-state index in [0.717, 1.165) is 18.8 Å². The molecule has 0 aliphatic rings. The summed E-state index contributed by atoms with van der Waals surface area (Å²) in [6.07, 6.45) is 1.05. The number of rotatable bonds is 6. The maximum absolute atomic E-state index is 5.85. The van der Waals surface area contributed by atoms with E-state index in [1.165, 1.54) is 5.56 Å². The smallest absolute Gasteiger partial charge is 0.119 e. The molecule has 0 aromatic heterocycles. The molecule has 0 aliphatic carbocycles. The van der Waals surface area contributed by atoms with Gasteiger partial charge in [-0.3, -0.25) is 0 Å². The van der Waals surface area contributed by atoms with Crippen LogP contribution in [0.1, 0.15) is 39.7 Å². The zero-order valence-corrected chi connectivity index (χ0v) is 11.5. The van der Waals surface area contributed by atoms with Crippen LogP contribution in [0.2, 0.25) is 0 Å². The van der Waals surface area contributed by atoms with E-state index < -0.39 is 0 Å². The van der Waals surface area contributed by atoms with Gasteiger partial charge in [-0.05, 0) is 30.0 Å². The average Bonchev–Trinajstić information content (AvgIpc) is 2.36. The molecule has 0 amide bonds. The molecule has 1 aromatic carbocycles. The summed E-state index contributed by atoms with van der Waals surface area (Å²) in [5, 5.41) is 0. The van der Waals surface area contributed by atoms with Crippen LogP contribution in [0, 0.1) is 5.92 Å². The first-order chi connectivity index (χ1) is 8.01. The fraction of sp³-hybridized carbons (Fsp3) is 0.600. The van der Waals surface area contributed by atoms with E-state index in [4.69, 9.17) is 10.5 Å². The second-order valence-electron chi connectivity index (χ2n) is 5.35. The molecule has 0 spiro atoms. The van der Waals surface area contributed by atoms with Gasteiger partial charge < -0.3 is 10.5 Å². The van der Waals surface area contributed by atoms with Gasteiger partial charge in [0.05, 0.1) is 6.61 Å². The van der Waals surface area contributed by atoms with Gasteiger partial charge in [0.2, 0.25) is 0 Å². The zero-order chi connectivity index (χ0) is 12.9. The molecule has 0 radical (unpaired) electrons. The molecule has 2 heteroatoms. The minimum absolute atomic E-state index is 0.0799. The Morgan fingerprint density at radius 1 is 1.24 bits per heavy atom. The topological polar surface area (TPSA) is 35.2 Å². The van der Waals surface area contributed by atoms with Crippen molar-refractivity contribution in [3.63, 3.8) is 0 Å². The van der Waals surface area contributed by atoms with Crippen LogP contribution in [-0.4, -0.2) is 13.2 Å². The number of hydrogen-bond donors (Lipinski definition) is 1. The van der Waals surface area contributed by atoms with Crippen LogP contribution in [0.15, 0.2) is 24.3 Å². The van der Waals surface area contributed by atoms with Gasteiger partial charge in [-0.15, -0.1) is 0 Å². The van der Waals surface area contributed by atoms with Crippen molar-refractivity contribution in [1.82, 2.24) is 0 Å². The van der Waals surface area contributed by atoms with Crippen LogP contribution in [0.3, 0.4) is 0 Å². The van der Waals surface area contributed by atoms with E-state index in [9.17, 15) is 0 Å². The van der Waals surface area contributed by atoms with Crippen LogP contribution in [0.25, 0.3) is 0 Å². The third-order valence-corrected chi connectivity index (χ3v) is 3.37. The van der Waals surface area contributed by atoms with Crippen molar-refractivity contribution in [2.75, 3.05) is 13.2 Å². The Balaban J connectivity index is 2.73. The second kappa shape index (κ2) is 6.06. The SMILES string of the molecule is CCC(C)(CN)c1ccc(OCC(C)C)cc1. The molecule has 0 aliphatic heterocycles. The lowest BCUT2D eigenvalue weighted by molar-refractivity contribution is 0.271. The number of nitrogens with two attached hydrogens (primary N) is 1. The fourth-order valence-electron chi connectivity index (χ4n) is 1.68. The Bertz CT molecular complexity index is 325. The molecule has 0 fully saturated rings. The molecule has 96 valence electrons. The van der Waals surface area contributed by atoms with Crippen molar-refractivity contribution in [1.29, 1.82) is 0 Å².